The zero-order valence-electron chi connectivity index (χ0n) is 10.8. The summed E-state index contributed by atoms with van der Waals surface area (Å²) in [6.45, 7) is 1.30. The fourth-order valence-corrected chi connectivity index (χ4v) is 2.11. The summed E-state index contributed by atoms with van der Waals surface area (Å²) in [5, 5.41) is 22.2. The van der Waals surface area contributed by atoms with Crippen molar-refractivity contribution in [3.63, 3.8) is 0 Å². The number of nitrogens with zero attached hydrogens (tertiary/aromatic N) is 3. The van der Waals surface area contributed by atoms with Crippen molar-refractivity contribution in [3.05, 3.63) is 16.4 Å². The van der Waals surface area contributed by atoms with E-state index in [1.54, 1.807) is 11.7 Å². The highest BCUT2D eigenvalue weighted by molar-refractivity contribution is 6.31. The fourth-order valence-electron chi connectivity index (χ4n) is 1.75. The summed E-state index contributed by atoms with van der Waals surface area (Å²) < 4.78 is 1.55. The molecule has 1 aromatic rings. The average molecular weight is 290 g/mol. The van der Waals surface area contributed by atoms with Crippen LogP contribution in [-0.4, -0.2) is 49.9 Å². The SMILES string of the molecule is CCc1nn(C)c(CN(CC(=O)O)CC(=O)O)c1Cl. The van der Waals surface area contributed by atoms with Gasteiger partial charge in [0.05, 0.1) is 29.5 Å². The summed E-state index contributed by atoms with van der Waals surface area (Å²) in [4.78, 5) is 22.7. The van der Waals surface area contributed by atoms with Crippen molar-refractivity contribution in [3.8, 4) is 0 Å². The molecule has 2 N–H and O–H groups in total. The summed E-state index contributed by atoms with van der Waals surface area (Å²) >= 11 is 6.14. The smallest absolute Gasteiger partial charge is 0.317 e. The minimum Gasteiger partial charge on any atom is -0.480 e. The molecule has 1 aromatic heterocycles. The van der Waals surface area contributed by atoms with E-state index in [1.165, 1.54) is 4.90 Å². The molecule has 106 valence electrons. The van der Waals surface area contributed by atoms with Crippen molar-refractivity contribution in [2.24, 2.45) is 7.05 Å². The van der Waals surface area contributed by atoms with E-state index < -0.39 is 11.9 Å². The number of hydrogen-bond donors (Lipinski definition) is 2. The number of aromatic nitrogens is 2. The molecule has 1 rings (SSSR count). The molecular formula is C11H16ClN3O4. The monoisotopic (exact) mass is 289 g/mol. The molecule has 0 fully saturated rings. The quantitative estimate of drug-likeness (QED) is 0.763. The predicted octanol–water partition coefficient (Wildman–Crippen LogP) is 0.607. The van der Waals surface area contributed by atoms with Crippen LogP contribution in [0.3, 0.4) is 0 Å². The molecule has 1 heterocycles. The third kappa shape index (κ3) is 4.22. The van der Waals surface area contributed by atoms with Crippen molar-refractivity contribution < 1.29 is 19.8 Å². The molecule has 0 bridgehead atoms. The van der Waals surface area contributed by atoms with E-state index >= 15 is 0 Å². The Kier molecular flexibility index (Phi) is 5.31. The van der Waals surface area contributed by atoms with Gasteiger partial charge in [0, 0.05) is 13.6 Å². The van der Waals surface area contributed by atoms with Crippen LogP contribution in [0.25, 0.3) is 0 Å². The molecular weight excluding hydrogens is 274 g/mol. The number of hydrogen-bond acceptors (Lipinski definition) is 4. The maximum absolute atomic E-state index is 10.7. The van der Waals surface area contributed by atoms with Crippen molar-refractivity contribution in [1.29, 1.82) is 0 Å². The molecule has 0 radical (unpaired) electrons. The second-order valence-corrected chi connectivity index (χ2v) is 4.50. The van der Waals surface area contributed by atoms with Gasteiger partial charge in [0.1, 0.15) is 0 Å². The van der Waals surface area contributed by atoms with Crippen LogP contribution < -0.4 is 0 Å². The Morgan fingerprint density at radius 2 is 1.84 bits per heavy atom. The van der Waals surface area contributed by atoms with Gasteiger partial charge in [-0.15, -0.1) is 0 Å². The first-order valence-corrected chi connectivity index (χ1v) is 6.09. The molecule has 19 heavy (non-hydrogen) atoms. The van der Waals surface area contributed by atoms with E-state index in [-0.39, 0.29) is 19.6 Å². The highest BCUT2D eigenvalue weighted by atomic mass is 35.5. The summed E-state index contributed by atoms with van der Waals surface area (Å²) in [6, 6.07) is 0. The Balaban J connectivity index is 2.92. The molecule has 0 aliphatic carbocycles. The number of aryl methyl sites for hydroxylation is 2. The lowest BCUT2D eigenvalue weighted by Crippen LogP contribution is -2.34. The highest BCUT2D eigenvalue weighted by Gasteiger charge is 2.19. The van der Waals surface area contributed by atoms with Crippen LogP contribution >= 0.6 is 11.6 Å². The van der Waals surface area contributed by atoms with Crippen molar-refractivity contribution in [2.75, 3.05) is 13.1 Å². The Hall–Kier alpha value is -1.60. The summed E-state index contributed by atoms with van der Waals surface area (Å²) in [5.74, 6) is -2.18. The third-order valence-corrected chi connectivity index (χ3v) is 3.03. The topological polar surface area (TPSA) is 95.7 Å². The number of carboxylic acid groups (broad SMARTS) is 2. The van der Waals surface area contributed by atoms with Crippen molar-refractivity contribution in [2.45, 2.75) is 19.9 Å². The Labute approximate surface area is 115 Å². The van der Waals surface area contributed by atoms with Gasteiger partial charge in [0.15, 0.2) is 0 Å². The van der Waals surface area contributed by atoms with Gasteiger partial charge in [0.2, 0.25) is 0 Å². The molecule has 0 amide bonds. The van der Waals surface area contributed by atoms with E-state index in [9.17, 15) is 9.59 Å². The second kappa shape index (κ2) is 6.53. The minimum atomic E-state index is -1.09. The van der Waals surface area contributed by atoms with E-state index in [4.69, 9.17) is 21.8 Å². The Morgan fingerprint density at radius 1 is 1.32 bits per heavy atom. The van der Waals surface area contributed by atoms with Crippen LogP contribution in [0.15, 0.2) is 0 Å². The molecule has 0 unspecified atom stereocenters. The van der Waals surface area contributed by atoms with E-state index in [1.807, 2.05) is 6.92 Å². The molecule has 8 heteroatoms. The molecule has 0 saturated heterocycles. The molecule has 0 aromatic carbocycles. The van der Waals surface area contributed by atoms with Gasteiger partial charge in [-0.1, -0.05) is 18.5 Å². The van der Waals surface area contributed by atoms with Gasteiger partial charge in [-0.3, -0.25) is 19.2 Å². The number of carbonyl (C=O) groups is 2. The molecule has 0 atom stereocenters. The van der Waals surface area contributed by atoms with Gasteiger partial charge < -0.3 is 10.2 Å². The Morgan fingerprint density at radius 3 is 2.21 bits per heavy atom. The summed E-state index contributed by atoms with van der Waals surface area (Å²) in [5.41, 5.74) is 1.32. The zero-order valence-corrected chi connectivity index (χ0v) is 11.5. The van der Waals surface area contributed by atoms with Crippen LogP contribution in [0.1, 0.15) is 18.3 Å². The summed E-state index contributed by atoms with van der Waals surface area (Å²) in [6.07, 6.45) is 0.657. The van der Waals surface area contributed by atoms with Crippen LogP contribution in [0.5, 0.6) is 0 Å². The minimum absolute atomic E-state index is 0.126. The van der Waals surface area contributed by atoms with Crippen LogP contribution in [0.4, 0.5) is 0 Å². The lowest BCUT2D eigenvalue weighted by Gasteiger charge is -2.18. The highest BCUT2D eigenvalue weighted by Crippen LogP contribution is 2.22. The number of aliphatic carboxylic acids is 2. The third-order valence-electron chi connectivity index (χ3n) is 2.59. The summed E-state index contributed by atoms with van der Waals surface area (Å²) in [7, 11) is 1.69. The molecule has 0 aliphatic heterocycles. The second-order valence-electron chi connectivity index (χ2n) is 4.12. The van der Waals surface area contributed by atoms with Gasteiger partial charge in [-0.25, -0.2) is 0 Å². The van der Waals surface area contributed by atoms with E-state index in [0.717, 1.165) is 0 Å². The van der Waals surface area contributed by atoms with Crippen LogP contribution in [0.2, 0.25) is 5.02 Å². The van der Waals surface area contributed by atoms with Crippen LogP contribution in [0, 0.1) is 0 Å². The molecule has 0 saturated carbocycles. The average Bonchev–Trinajstić information content (AvgIpc) is 2.54. The van der Waals surface area contributed by atoms with Gasteiger partial charge >= 0.3 is 11.9 Å². The lowest BCUT2D eigenvalue weighted by atomic mass is 10.3. The fraction of sp³-hybridized carbons (Fsp3) is 0.545. The number of rotatable bonds is 7. The maximum atomic E-state index is 10.7. The standard InChI is InChI=1S/C11H16ClN3O4/c1-3-7-11(12)8(14(2)13-7)4-15(5-9(16)17)6-10(18)19/h3-6H2,1-2H3,(H,16,17)(H,18,19). The van der Waals surface area contributed by atoms with Crippen LogP contribution in [-0.2, 0) is 29.6 Å². The molecule has 0 aliphatic rings. The van der Waals surface area contributed by atoms with Gasteiger partial charge in [0.25, 0.3) is 0 Å². The number of carboxylic acids is 2. The molecule has 0 spiro atoms. The van der Waals surface area contributed by atoms with Gasteiger partial charge in [-0.05, 0) is 6.42 Å². The largest absolute Gasteiger partial charge is 0.480 e. The number of halogens is 1. The Bertz CT molecular complexity index is 471. The van der Waals surface area contributed by atoms with Crippen molar-refractivity contribution >= 4 is 23.5 Å². The lowest BCUT2D eigenvalue weighted by molar-refractivity contribution is -0.142. The molecule has 7 nitrogen and oxygen atoms in total. The van der Waals surface area contributed by atoms with Crippen molar-refractivity contribution in [1.82, 2.24) is 14.7 Å². The van der Waals surface area contributed by atoms with Gasteiger partial charge in [-0.2, -0.15) is 5.10 Å². The zero-order chi connectivity index (χ0) is 14.6. The maximum Gasteiger partial charge on any atom is 0.317 e. The first kappa shape index (κ1) is 15.5. The predicted molar refractivity (Wildman–Crippen MR) is 68.1 cm³/mol. The van der Waals surface area contributed by atoms with E-state index in [0.29, 0.717) is 22.8 Å². The normalized spacial score (nSPS) is 10.9. The first-order valence-electron chi connectivity index (χ1n) is 5.71. The first-order chi connectivity index (χ1) is 8.85. The van der Waals surface area contributed by atoms with E-state index in [2.05, 4.69) is 5.10 Å².